The van der Waals surface area contributed by atoms with Gasteiger partial charge in [-0.2, -0.15) is 5.26 Å². The summed E-state index contributed by atoms with van der Waals surface area (Å²) in [7, 11) is -3.18. The lowest BCUT2D eigenvalue weighted by molar-refractivity contribution is 0.0472. The van der Waals surface area contributed by atoms with Gasteiger partial charge in [0.2, 0.25) is 0 Å². The highest BCUT2D eigenvalue weighted by Crippen LogP contribution is 2.23. The predicted octanol–water partition coefficient (Wildman–Crippen LogP) is 4.13. The van der Waals surface area contributed by atoms with Gasteiger partial charge in [0.15, 0.2) is 9.84 Å². The van der Waals surface area contributed by atoms with E-state index in [1.807, 2.05) is 42.5 Å². The number of nitrogens with zero attached hydrogens (tertiary/aromatic N) is 1. The summed E-state index contributed by atoms with van der Waals surface area (Å²) in [5.74, 6) is -0.640. The molecule has 0 bridgehead atoms. The number of sulfone groups is 1. The Hall–Kier alpha value is -3.43. The first kappa shape index (κ1) is 20.3. The van der Waals surface area contributed by atoms with Crippen molar-refractivity contribution >= 4 is 15.8 Å². The second kappa shape index (κ2) is 8.72. The van der Waals surface area contributed by atoms with E-state index < -0.39 is 15.8 Å². The van der Waals surface area contributed by atoms with E-state index in [-0.39, 0.29) is 12.4 Å². The van der Waals surface area contributed by atoms with Gasteiger partial charge >= 0.3 is 5.97 Å². The fraction of sp³-hybridized carbons (Fsp3) is 0.130. The number of benzene rings is 3. The quantitative estimate of drug-likeness (QED) is 0.576. The van der Waals surface area contributed by atoms with Gasteiger partial charge in [0, 0.05) is 6.26 Å². The van der Waals surface area contributed by atoms with Crippen molar-refractivity contribution in [3.8, 4) is 17.2 Å². The number of hydrogen-bond donors (Lipinski definition) is 0. The van der Waals surface area contributed by atoms with E-state index in [2.05, 4.69) is 6.07 Å². The summed E-state index contributed by atoms with van der Waals surface area (Å²) in [5.41, 5.74) is 4.02. The van der Waals surface area contributed by atoms with E-state index in [1.165, 1.54) is 6.07 Å². The van der Waals surface area contributed by atoms with Gasteiger partial charge in [-0.15, -0.1) is 0 Å². The molecule has 3 aromatic rings. The first-order valence-electron chi connectivity index (χ1n) is 8.88. The molecule has 0 amide bonds. The molecule has 0 aliphatic rings. The van der Waals surface area contributed by atoms with Gasteiger partial charge < -0.3 is 4.74 Å². The molecule has 0 N–H and O–H groups in total. The van der Waals surface area contributed by atoms with Gasteiger partial charge in [0.1, 0.15) is 6.61 Å². The number of carbonyl (C=O) groups is 1. The topological polar surface area (TPSA) is 84.2 Å². The number of nitriles is 1. The molecule has 3 aromatic carbocycles. The Balaban J connectivity index is 1.67. The van der Waals surface area contributed by atoms with Gasteiger partial charge in [-0.25, -0.2) is 13.2 Å². The van der Waals surface area contributed by atoms with E-state index in [4.69, 9.17) is 4.74 Å². The summed E-state index contributed by atoms with van der Waals surface area (Å²) < 4.78 is 28.2. The molecule has 3 rings (SSSR count). The second-order valence-electron chi connectivity index (χ2n) is 6.70. The Morgan fingerprint density at radius 3 is 2.38 bits per heavy atom. The maximum atomic E-state index is 12.3. The normalized spacial score (nSPS) is 10.9. The Kier molecular flexibility index (Phi) is 6.10. The summed E-state index contributed by atoms with van der Waals surface area (Å²) in [6, 6.07) is 23.4. The molecule has 0 aromatic heterocycles. The molecular formula is C23H19NO4S. The lowest BCUT2D eigenvalue weighted by atomic mass is 9.99. The van der Waals surface area contributed by atoms with Crippen molar-refractivity contribution in [2.75, 3.05) is 6.26 Å². The average Bonchev–Trinajstić information content (AvgIpc) is 2.71. The third-order valence-electron chi connectivity index (χ3n) is 4.27. The second-order valence-corrected chi connectivity index (χ2v) is 8.84. The SMILES string of the molecule is CS(=O)(=O)Cc1cccc(C(=O)OCc2ccc(-c3ccccc3C#N)cc2)c1. The first-order chi connectivity index (χ1) is 13.9. The monoisotopic (exact) mass is 405 g/mol. The van der Waals surface area contributed by atoms with E-state index in [9.17, 15) is 18.5 Å². The van der Waals surface area contributed by atoms with Crippen LogP contribution in [-0.2, 0) is 26.9 Å². The van der Waals surface area contributed by atoms with E-state index in [1.54, 1.807) is 24.3 Å². The minimum absolute atomic E-state index is 0.0926. The van der Waals surface area contributed by atoms with Crippen LogP contribution in [0.5, 0.6) is 0 Å². The van der Waals surface area contributed by atoms with Crippen molar-refractivity contribution in [1.29, 1.82) is 5.26 Å². The molecule has 0 atom stereocenters. The zero-order valence-electron chi connectivity index (χ0n) is 15.8. The zero-order chi connectivity index (χ0) is 20.9. The summed E-state index contributed by atoms with van der Waals surface area (Å²) in [6.07, 6.45) is 1.15. The molecule has 0 radical (unpaired) electrons. The molecule has 0 unspecified atom stereocenters. The Labute approximate surface area is 170 Å². The van der Waals surface area contributed by atoms with Crippen molar-refractivity contribution in [2.24, 2.45) is 0 Å². The molecule has 0 aliphatic carbocycles. The van der Waals surface area contributed by atoms with Crippen LogP contribution < -0.4 is 0 Å². The summed E-state index contributed by atoms with van der Waals surface area (Å²) >= 11 is 0. The third kappa shape index (κ3) is 5.53. The van der Waals surface area contributed by atoms with Crippen LogP contribution in [0.15, 0.2) is 72.8 Å². The molecule has 0 aliphatic heterocycles. The predicted molar refractivity (Wildman–Crippen MR) is 111 cm³/mol. The number of rotatable bonds is 6. The number of ether oxygens (including phenoxy) is 1. The van der Waals surface area contributed by atoms with Crippen LogP contribution in [0.4, 0.5) is 0 Å². The van der Waals surface area contributed by atoms with Gasteiger partial charge in [0.05, 0.1) is 22.9 Å². The van der Waals surface area contributed by atoms with Gasteiger partial charge in [-0.05, 0) is 40.5 Å². The largest absolute Gasteiger partial charge is 0.457 e. The fourth-order valence-electron chi connectivity index (χ4n) is 2.94. The summed E-state index contributed by atoms with van der Waals surface area (Å²) in [5, 5.41) is 9.23. The summed E-state index contributed by atoms with van der Waals surface area (Å²) in [6.45, 7) is 0.0926. The van der Waals surface area contributed by atoms with Crippen molar-refractivity contribution in [2.45, 2.75) is 12.4 Å². The van der Waals surface area contributed by atoms with Crippen LogP contribution in [0.25, 0.3) is 11.1 Å². The van der Waals surface area contributed by atoms with Crippen molar-refractivity contribution < 1.29 is 17.9 Å². The Morgan fingerprint density at radius 2 is 1.69 bits per heavy atom. The summed E-state index contributed by atoms with van der Waals surface area (Å²) in [4.78, 5) is 12.3. The van der Waals surface area contributed by atoms with E-state index >= 15 is 0 Å². The Morgan fingerprint density at radius 1 is 0.966 bits per heavy atom. The number of carbonyl (C=O) groups excluding carboxylic acids is 1. The van der Waals surface area contributed by atoms with E-state index in [0.717, 1.165) is 22.9 Å². The fourth-order valence-corrected chi connectivity index (χ4v) is 3.72. The minimum Gasteiger partial charge on any atom is -0.457 e. The van der Waals surface area contributed by atoms with Crippen LogP contribution in [0.1, 0.15) is 27.0 Å². The lowest BCUT2D eigenvalue weighted by Crippen LogP contribution is -2.07. The standard InChI is InChI=1S/C23H19NO4S/c1-29(26,27)16-18-5-4-7-20(13-18)23(25)28-15-17-9-11-19(12-10-17)22-8-3-2-6-21(22)14-24/h2-13H,15-16H2,1H3. The smallest absolute Gasteiger partial charge is 0.338 e. The van der Waals surface area contributed by atoms with Crippen LogP contribution in [0.3, 0.4) is 0 Å². The van der Waals surface area contributed by atoms with Gasteiger partial charge in [-0.1, -0.05) is 54.6 Å². The van der Waals surface area contributed by atoms with Crippen molar-refractivity contribution in [1.82, 2.24) is 0 Å². The molecule has 0 spiro atoms. The highest BCUT2D eigenvalue weighted by Gasteiger charge is 2.11. The lowest BCUT2D eigenvalue weighted by Gasteiger charge is -2.08. The minimum atomic E-state index is -3.18. The number of esters is 1. The van der Waals surface area contributed by atoms with Gasteiger partial charge in [0.25, 0.3) is 0 Å². The molecule has 146 valence electrons. The first-order valence-corrected chi connectivity index (χ1v) is 10.9. The van der Waals surface area contributed by atoms with Crippen LogP contribution >= 0.6 is 0 Å². The van der Waals surface area contributed by atoms with E-state index in [0.29, 0.717) is 16.7 Å². The van der Waals surface area contributed by atoms with Crippen LogP contribution in [0, 0.1) is 11.3 Å². The molecule has 29 heavy (non-hydrogen) atoms. The average molecular weight is 405 g/mol. The highest BCUT2D eigenvalue weighted by molar-refractivity contribution is 7.89. The molecule has 0 fully saturated rings. The number of hydrogen-bond acceptors (Lipinski definition) is 5. The molecule has 0 saturated heterocycles. The molecule has 5 nitrogen and oxygen atoms in total. The van der Waals surface area contributed by atoms with Crippen LogP contribution in [-0.4, -0.2) is 20.6 Å². The maximum Gasteiger partial charge on any atom is 0.338 e. The Bertz CT molecular complexity index is 1180. The molecular weight excluding hydrogens is 386 g/mol. The van der Waals surface area contributed by atoms with Crippen molar-refractivity contribution in [3.05, 3.63) is 95.1 Å². The highest BCUT2D eigenvalue weighted by atomic mass is 32.2. The molecule has 0 saturated carbocycles. The third-order valence-corrected chi connectivity index (χ3v) is 5.13. The maximum absolute atomic E-state index is 12.3. The van der Waals surface area contributed by atoms with Crippen molar-refractivity contribution in [3.63, 3.8) is 0 Å². The van der Waals surface area contributed by atoms with Crippen LogP contribution in [0.2, 0.25) is 0 Å². The molecule has 0 heterocycles. The zero-order valence-corrected chi connectivity index (χ0v) is 16.6. The molecule has 6 heteroatoms. The van der Waals surface area contributed by atoms with Gasteiger partial charge in [-0.3, -0.25) is 0 Å².